The predicted molar refractivity (Wildman–Crippen MR) is 78.2 cm³/mol. The monoisotopic (exact) mass is 278 g/mol. The SMILES string of the molecule is COc1ccc(N2CCCC2)c(C(N)CCC(=O)O)c1. The second kappa shape index (κ2) is 6.61. The summed E-state index contributed by atoms with van der Waals surface area (Å²) in [4.78, 5) is 13.0. The number of carbonyl (C=O) groups is 1. The van der Waals surface area contributed by atoms with Gasteiger partial charge in [-0.2, -0.15) is 0 Å². The molecule has 0 aromatic heterocycles. The molecule has 1 saturated heterocycles. The van der Waals surface area contributed by atoms with Gasteiger partial charge in [0.2, 0.25) is 0 Å². The van der Waals surface area contributed by atoms with Gasteiger partial charge in [-0.15, -0.1) is 0 Å². The normalized spacial score (nSPS) is 16.2. The van der Waals surface area contributed by atoms with Crippen molar-refractivity contribution in [2.45, 2.75) is 31.7 Å². The Morgan fingerprint density at radius 2 is 2.15 bits per heavy atom. The van der Waals surface area contributed by atoms with Gasteiger partial charge in [0.15, 0.2) is 0 Å². The minimum Gasteiger partial charge on any atom is -0.497 e. The number of nitrogens with zero attached hydrogens (tertiary/aromatic N) is 1. The summed E-state index contributed by atoms with van der Waals surface area (Å²) < 4.78 is 5.26. The molecular weight excluding hydrogens is 256 g/mol. The molecule has 1 aromatic carbocycles. The molecule has 1 aliphatic rings. The molecule has 0 radical (unpaired) electrons. The van der Waals surface area contributed by atoms with E-state index < -0.39 is 5.97 Å². The van der Waals surface area contributed by atoms with Gasteiger partial charge < -0.3 is 20.5 Å². The highest BCUT2D eigenvalue weighted by molar-refractivity contribution is 5.67. The first kappa shape index (κ1) is 14.7. The van der Waals surface area contributed by atoms with Crippen LogP contribution in [0.25, 0.3) is 0 Å². The van der Waals surface area contributed by atoms with Gasteiger partial charge in [0, 0.05) is 31.2 Å². The van der Waals surface area contributed by atoms with Gasteiger partial charge in [-0.1, -0.05) is 0 Å². The van der Waals surface area contributed by atoms with Crippen molar-refractivity contribution in [2.75, 3.05) is 25.1 Å². The summed E-state index contributed by atoms with van der Waals surface area (Å²) in [5.74, 6) is -0.0557. The van der Waals surface area contributed by atoms with Crippen molar-refractivity contribution in [1.29, 1.82) is 0 Å². The Labute approximate surface area is 119 Å². The molecule has 3 N–H and O–H groups in total. The molecule has 1 aromatic rings. The number of hydrogen-bond donors (Lipinski definition) is 2. The number of carboxylic acids is 1. The van der Waals surface area contributed by atoms with Crippen LogP contribution < -0.4 is 15.4 Å². The Kier molecular flexibility index (Phi) is 4.84. The Bertz CT molecular complexity index is 470. The number of methoxy groups -OCH3 is 1. The van der Waals surface area contributed by atoms with Crippen LogP contribution in [0.3, 0.4) is 0 Å². The minimum atomic E-state index is -0.814. The Morgan fingerprint density at radius 1 is 1.45 bits per heavy atom. The zero-order valence-corrected chi connectivity index (χ0v) is 11.8. The van der Waals surface area contributed by atoms with Crippen LogP contribution in [-0.4, -0.2) is 31.3 Å². The molecule has 0 saturated carbocycles. The number of aliphatic carboxylic acids is 1. The number of nitrogens with two attached hydrogens (primary N) is 1. The third-order valence-electron chi connectivity index (χ3n) is 3.75. The van der Waals surface area contributed by atoms with Crippen molar-refractivity contribution >= 4 is 11.7 Å². The smallest absolute Gasteiger partial charge is 0.303 e. The topological polar surface area (TPSA) is 75.8 Å². The van der Waals surface area contributed by atoms with Crippen molar-refractivity contribution in [3.63, 3.8) is 0 Å². The van der Waals surface area contributed by atoms with Crippen molar-refractivity contribution < 1.29 is 14.6 Å². The molecule has 0 bridgehead atoms. The minimum absolute atomic E-state index is 0.0812. The molecule has 0 spiro atoms. The lowest BCUT2D eigenvalue weighted by Gasteiger charge is -2.25. The number of carboxylic acid groups (broad SMARTS) is 1. The second-order valence-electron chi connectivity index (χ2n) is 5.16. The van der Waals surface area contributed by atoms with Crippen molar-refractivity contribution in [3.8, 4) is 5.75 Å². The average Bonchev–Trinajstić information content (AvgIpc) is 2.98. The molecule has 0 amide bonds. The summed E-state index contributed by atoms with van der Waals surface area (Å²) in [6.07, 6.45) is 2.90. The first-order chi connectivity index (χ1) is 9.61. The second-order valence-corrected chi connectivity index (χ2v) is 5.16. The number of rotatable bonds is 6. The van der Waals surface area contributed by atoms with Gasteiger partial charge in [-0.05, 0) is 43.0 Å². The van der Waals surface area contributed by atoms with Crippen LogP contribution in [0.15, 0.2) is 18.2 Å². The number of ether oxygens (including phenoxy) is 1. The Morgan fingerprint density at radius 3 is 2.75 bits per heavy atom. The molecule has 2 rings (SSSR count). The molecule has 1 unspecified atom stereocenters. The maximum atomic E-state index is 10.7. The van der Waals surface area contributed by atoms with E-state index in [1.165, 1.54) is 12.8 Å². The van der Waals surface area contributed by atoms with E-state index in [1.54, 1.807) is 7.11 Å². The maximum absolute atomic E-state index is 10.7. The number of anilines is 1. The fourth-order valence-electron chi connectivity index (χ4n) is 2.64. The average molecular weight is 278 g/mol. The number of benzene rings is 1. The molecule has 1 heterocycles. The zero-order valence-electron chi connectivity index (χ0n) is 11.8. The lowest BCUT2D eigenvalue weighted by molar-refractivity contribution is -0.137. The van der Waals surface area contributed by atoms with Crippen LogP contribution in [0.4, 0.5) is 5.69 Å². The van der Waals surface area contributed by atoms with Crippen molar-refractivity contribution in [1.82, 2.24) is 0 Å². The molecule has 1 aliphatic heterocycles. The molecule has 0 aliphatic carbocycles. The van der Waals surface area contributed by atoms with E-state index >= 15 is 0 Å². The van der Waals surface area contributed by atoms with Crippen molar-refractivity contribution in [3.05, 3.63) is 23.8 Å². The van der Waals surface area contributed by atoms with Crippen LogP contribution in [0.1, 0.15) is 37.3 Å². The highest BCUT2D eigenvalue weighted by atomic mass is 16.5. The van der Waals surface area contributed by atoms with E-state index in [4.69, 9.17) is 15.6 Å². The van der Waals surface area contributed by atoms with Crippen molar-refractivity contribution in [2.24, 2.45) is 5.73 Å². The maximum Gasteiger partial charge on any atom is 0.303 e. The lowest BCUT2D eigenvalue weighted by atomic mass is 10.00. The molecule has 1 atom stereocenters. The first-order valence-electron chi connectivity index (χ1n) is 7.02. The van der Waals surface area contributed by atoms with Gasteiger partial charge in [-0.25, -0.2) is 0 Å². The molecule has 5 nitrogen and oxygen atoms in total. The quantitative estimate of drug-likeness (QED) is 0.834. The zero-order chi connectivity index (χ0) is 14.5. The van der Waals surface area contributed by atoms with Crippen LogP contribution in [0.2, 0.25) is 0 Å². The fraction of sp³-hybridized carbons (Fsp3) is 0.533. The van der Waals surface area contributed by atoms with E-state index in [9.17, 15) is 4.79 Å². The lowest BCUT2D eigenvalue weighted by Crippen LogP contribution is -2.22. The summed E-state index contributed by atoms with van der Waals surface area (Å²) in [5, 5.41) is 8.80. The highest BCUT2D eigenvalue weighted by Crippen LogP contribution is 2.33. The molecule has 20 heavy (non-hydrogen) atoms. The van der Waals surface area contributed by atoms with Crippen LogP contribution >= 0.6 is 0 Å². The van der Waals surface area contributed by atoms with Crippen LogP contribution in [0, 0.1) is 0 Å². The first-order valence-corrected chi connectivity index (χ1v) is 7.02. The molecular formula is C15H22N2O3. The van der Waals surface area contributed by atoms with Gasteiger partial charge in [0.25, 0.3) is 0 Å². The Hall–Kier alpha value is -1.75. The van der Waals surface area contributed by atoms with Gasteiger partial charge in [0.1, 0.15) is 5.75 Å². The third-order valence-corrected chi connectivity index (χ3v) is 3.75. The summed E-state index contributed by atoms with van der Waals surface area (Å²) in [6.45, 7) is 2.07. The molecule has 1 fully saturated rings. The summed E-state index contributed by atoms with van der Waals surface area (Å²) in [7, 11) is 1.62. The third kappa shape index (κ3) is 3.42. The van der Waals surface area contributed by atoms with Gasteiger partial charge in [-0.3, -0.25) is 4.79 Å². The summed E-state index contributed by atoms with van der Waals surface area (Å²) in [6, 6.07) is 5.61. The fourth-order valence-corrected chi connectivity index (χ4v) is 2.64. The number of hydrogen-bond acceptors (Lipinski definition) is 4. The highest BCUT2D eigenvalue weighted by Gasteiger charge is 2.20. The van der Waals surface area contributed by atoms with Gasteiger partial charge >= 0.3 is 5.97 Å². The summed E-state index contributed by atoms with van der Waals surface area (Å²) in [5.41, 5.74) is 8.28. The van der Waals surface area contributed by atoms with E-state index in [-0.39, 0.29) is 12.5 Å². The molecule has 5 heteroatoms. The van der Waals surface area contributed by atoms with Crippen LogP contribution in [0.5, 0.6) is 5.75 Å². The van der Waals surface area contributed by atoms with E-state index in [1.807, 2.05) is 18.2 Å². The van der Waals surface area contributed by atoms with Gasteiger partial charge in [0.05, 0.1) is 7.11 Å². The summed E-state index contributed by atoms with van der Waals surface area (Å²) >= 11 is 0. The van der Waals surface area contributed by atoms with E-state index in [0.717, 1.165) is 30.1 Å². The van der Waals surface area contributed by atoms with E-state index in [0.29, 0.717) is 6.42 Å². The predicted octanol–water partition coefficient (Wildman–Crippen LogP) is 2.16. The van der Waals surface area contributed by atoms with E-state index in [2.05, 4.69) is 4.90 Å². The largest absolute Gasteiger partial charge is 0.497 e. The Balaban J connectivity index is 2.24. The van der Waals surface area contributed by atoms with Crippen LogP contribution in [-0.2, 0) is 4.79 Å². The molecule has 110 valence electrons. The standard InChI is InChI=1S/C15H22N2O3/c1-20-11-4-6-14(17-8-2-3-9-17)12(10-11)13(16)5-7-15(18)19/h4,6,10,13H,2-3,5,7-9,16H2,1H3,(H,18,19).